The molecule has 9 heteroatoms. The fourth-order valence-electron chi connectivity index (χ4n) is 6.85. The normalized spacial score (nSPS) is 14.5. The van der Waals surface area contributed by atoms with E-state index in [-0.39, 0.29) is 19.1 Å². The first kappa shape index (κ1) is 55.0. The van der Waals surface area contributed by atoms with Gasteiger partial charge in [0, 0.05) is 6.42 Å². The zero-order chi connectivity index (χ0) is 41.4. The van der Waals surface area contributed by atoms with Crippen molar-refractivity contribution in [1.82, 2.24) is 5.32 Å². The van der Waals surface area contributed by atoms with E-state index in [1.807, 2.05) is 21.1 Å². The molecule has 0 aromatic heterocycles. The van der Waals surface area contributed by atoms with Crippen molar-refractivity contribution in [2.75, 3.05) is 40.9 Å². The lowest BCUT2D eigenvalue weighted by molar-refractivity contribution is -0.870. The van der Waals surface area contributed by atoms with Crippen LogP contribution in [0.15, 0.2) is 24.3 Å². The molecule has 3 atom stereocenters. The first-order valence-corrected chi connectivity index (χ1v) is 25.1. The van der Waals surface area contributed by atoms with Gasteiger partial charge in [0.1, 0.15) is 13.2 Å². The number of aliphatic hydroxyl groups excluding tert-OH is 1. The van der Waals surface area contributed by atoms with Gasteiger partial charge in [-0.2, -0.15) is 0 Å². The molecule has 56 heavy (non-hydrogen) atoms. The Balaban J connectivity index is 4.34. The van der Waals surface area contributed by atoms with Crippen LogP contribution in [-0.4, -0.2) is 68.5 Å². The summed E-state index contributed by atoms with van der Waals surface area (Å²) in [5, 5.41) is 13.9. The Morgan fingerprint density at radius 3 is 1.39 bits per heavy atom. The summed E-state index contributed by atoms with van der Waals surface area (Å²) in [6.07, 6.45) is 46.1. The van der Waals surface area contributed by atoms with Gasteiger partial charge in [0.25, 0.3) is 7.82 Å². The number of phosphoric ester groups is 1. The molecule has 0 aromatic rings. The van der Waals surface area contributed by atoms with Crippen molar-refractivity contribution in [1.29, 1.82) is 0 Å². The van der Waals surface area contributed by atoms with Crippen LogP contribution in [-0.2, 0) is 18.4 Å². The van der Waals surface area contributed by atoms with Crippen molar-refractivity contribution in [3.8, 4) is 0 Å². The molecule has 2 N–H and O–H groups in total. The molecule has 0 radical (unpaired) electrons. The largest absolute Gasteiger partial charge is 0.756 e. The summed E-state index contributed by atoms with van der Waals surface area (Å²) in [7, 11) is 1.29. The van der Waals surface area contributed by atoms with Gasteiger partial charge in [-0.15, -0.1) is 0 Å². The summed E-state index contributed by atoms with van der Waals surface area (Å²) in [5.41, 5.74) is 0. The van der Waals surface area contributed by atoms with Crippen molar-refractivity contribution in [3.05, 3.63) is 24.3 Å². The molecule has 0 aliphatic rings. The van der Waals surface area contributed by atoms with E-state index in [2.05, 4.69) is 43.5 Å². The Hall–Kier alpha value is -1.02. The molecule has 8 nitrogen and oxygen atoms in total. The van der Waals surface area contributed by atoms with Gasteiger partial charge in [0.15, 0.2) is 0 Å². The summed E-state index contributed by atoms with van der Waals surface area (Å²) in [6, 6.07) is -0.815. The average Bonchev–Trinajstić information content (AvgIpc) is 3.15. The maximum atomic E-state index is 12.9. The number of likely N-dealkylation sites (N-methyl/N-ethyl adjacent to an activating group) is 1. The standard InChI is InChI=1S/C47H93N2O6P/c1-6-8-10-12-14-16-18-20-22-23-24-25-27-29-31-33-35-37-39-41-47(51)48-45(44-55-56(52,53)54-43-42-49(3,4)5)46(50)40-38-36-34-32-30-28-26-21-19-17-15-13-11-9-7-2/h20,22,30,32,45-46,50H,6-19,21,23-29,31,33-44H2,1-5H3,(H-,48,51,52,53)/b22-20+,32-30+/t45-,46+/m0/s1. The predicted octanol–water partition coefficient (Wildman–Crippen LogP) is 12.7. The summed E-state index contributed by atoms with van der Waals surface area (Å²) in [6.45, 7) is 4.70. The zero-order valence-corrected chi connectivity index (χ0v) is 38.5. The molecule has 1 unspecified atom stereocenters. The summed E-state index contributed by atoms with van der Waals surface area (Å²) < 4.78 is 23.3. The van der Waals surface area contributed by atoms with Gasteiger partial charge < -0.3 is 28.8 Å². The first-order valence-electron chi connectivity index (χ1n) is 23.7. The maximum absolute atomic E-state index is 12.9. The van der Waals surface area contributed by atoms with E-state index in [4.69, 9.17) is 9.05 Å². The minimum atomic E-state index is -4.57. The molecule has 1 amide bonds. The van der Waals surface area contributed by atoms with Crippen molar-refractivity contribution < 1.29 is 32.9 Å². The average molecular weight is 813 g/mol. The lowest BCUT2D eigenvalue weighted by Gasteiger charge is -2.30. The number of phosphoric acid groups is 1. The Bertz CT molecular complexity index is 969. The highest BCUT2D eigenvalue weighted by atomic mass is 31.2. The lowest BCUT2D eigenvalue weighted by atomic mass is 10.0. The third-order valence-corrected chi connectivity index (χ3v) is 11.6. The van der Waals surface area contributed by atoms with Gasteiger partial charge >= 0.3 is 0 Å². The highest BCUT2D eigenvalue weighted by Crippen LogP contribution is 2.38. The van der Waals surface area contributed by atoms with E-state index in [9.17, 15) is 19.4 Å². The number of nitrogens with one attached hydrogen (secondary N) is 1. The minimum Gasteiger partial charge on any atom is -0.756 e. The second kappa shape index (κ2) is 39.4. The third-order valence-electron chi connectivity index (χ3n) is 10.7. The Kier molecular flexibility index (Phi) is 38.7. The summed E-state index contributed by atoms with van der Waals surface area (Å²) in [4.78, 5) is 25.4. The van der Waals surface area contributed by atoms with Crippen LogP contribution in [0.3, 0.4) is 0 Å². The lowest BCUT2D eigenvalue weighted by Crippen LogP contribution is -2.46. The van der Waals surface area contributed by atoms with E-state index >= 15 is 0 Å². The molecule has 0 spiro atoms. The van der Waals surface area contributed by atoms with Crippen LogP contribution in [0.5, 0.6) is 0 Å². The number of allylic oxidation sites excluding steroid dienone is 4. The molecule has 0 aromatic carbocycles. The van der Waals surface area contributed by atoms with Crippen molar-refractivity contribution >= 4 is 13.7 Å². The molecular formula is C47H93N2O6P. The smallest absolute Gasteiger partial charge is 0.268 e. The van der Waals surface area contributed by atoms with Crippen LogP contribution in [0.2, 0.25) is 0 Å². The zero-order valence-electron chi connectivity index (χ0n) is 37.6. The number of carbonyl (C=O) groups is 1. The molecule has 0 fully saturated rings. The number of quaternary nitrogens is 1. The highest BCUT2D eigenvalue weighted by molar-refractivity contribution is 7.45. The van der Waals surface area contributed by atoms with Crippen LogP contribution < -0.4 is 10.2 Å². The predicted molar refractivity (Wildman–Crippen MR) is 238 cm³/mol. The number of unbranched alkanes of at least 4 members (excludes halogenated alkanes) is 26. The molecule has 0 rings (SSSR count). The first-order chi connectivity index (χ1) is 27.0. The monoisotopic (exact) mass is 813 g/mol. The summed E-state index contributed by atoms with van der Waals surface area (Å²) >= 11 is 0. The number of hydrogen-bond donors (Lipinski definition) is 2. The third kappa shape index (κ3) is 41.2. The Labute approximate surface area is 347 Å². The number of rotatable bonds is 43. The quantitative estimate of drug-likeness (QED) is 0.0275. The Morgan fingerprint density at radius 1 is 0.607 bits per heavy atom. The number of amides is 1. The fraction of sp³-hybridized carbons (Fsp3) is 0.894. The molecule has 0 aliphatic carbocycles. The van der Waals surface area contributed by atoms with Crippen LogP contribution in [0.1, 0.15) is 219 Å². The minimum absolute atomic E-state index is 0.00744. The molecule has 0 saturated heterocycles. The van der Waals surface area contributed by atoms with E-state index in [1.165, 1.54) is 148 Å². The van der Waals surface area contributed by atoms with E-state index in [0.29, 0.717) is 23.9 Å². The second-order valence-electron chi connectivity index (χ2n) is 17.5. The Morgan fingerprint density at radius 2 is 0.982 bits per heavy atom. The topological polar surface area (TPSA) is 108 Å². The van der Waals surface area contributed by atoms with Crippen molar-refractivity contribution in [2.24, 2.45) is 0 Å². The molecule has 0 heterocycles. The highest BCUT2D eigenvalue weighted by Gasteiger charge is 2.24. The second-order valence-corrected chi connectivity index (χ2v) is 18.9. The molecule has 332 valence electrons. The van der Waals surface area contributed by atoms with Crippen LogP contribution in [0.25, 0.3) is 0 Å². The molecule has 0 aliphatic heterocycles. The van der Waals surface area contributed by atoms with Gasteiger partial charge in [0.05, 0.1) is 39.9 Å². The van der Waals surface area contributed by atoms with E-state index in [0.717, 1.165) is 44.9 Å². The number of aliphatic hydroxyl groups is 1. The SMILES string of the molecule is CCCCCCCC/C=C/CCCCCCCCCCCC(=O)N[C@@H](COP(=O)([O-])OCC[N+](C)(C)C)[C@H](O)CCCC/C=C/CCCCCCCCCCC. The summed E-state index contributed by atoms with van der Waals surface area (Å²) in [5.74, 6) is -0.176. The molecule has 0 bridgehead atoms. The fourth-order valence-corrected chi connectivity index (χ4v) is 7.58. The van der Waals surface area contributed by atoms with Crippen molar-refractivity contribution in [2.45, 2.75) is 231 Å². The van der Waals surface area contributed by atoms with Crippen LogP contribution >= 0.6 is 7.82 Å². The van der Waals surface area contributed by atoms with Crippen molar-refractivity contribution in [3.63, 3.8) is 0 Å². The number of nitrogens with zero attached hydrogens (tertiary/aromatic N) is 1. The molecule has 0 saturated carbocycles. The van der Waals surface area contributed by atoms with Crippen LogP contribution in [0, 0.1) is 0 Å². The van der Waals surface area contributed by atoms with Gasteiger partial charge in [-0.3, -0.25) is 9.36 Å². The van der Waals surface area contributed by atoms with Crippen LogP contribution in [0.4, 0.5) is 0 Å². The van der Waals surface area contributed by atoms with Gasteiger partial charge in [-0.05, 0) is 64.2 Å². The van der Waals surface area contributed by atoms with E-state index in [1.54, 1.807) is 0 Å². The molecular weight excluding hydrogens is 719 g/mol. The van der Waals surface area contributed by atoms with Gasteiger partial charge in [-0.1, -0.05) is 173 Å². The maximum Gasteiger partial charge on any atom is 0.268 e. The van der Waals surface area contributed by atoms with E-state index < -0.39 is 20.0 Å². The van der Waals surface area contributed by atoms with Gasteiger partial charge in [0.2, 0.25) is 5.91 Å². The van der Waals surface area contributed by atoms with Gasteiger partial charge in [-0.25, -0.2) is 0 Å². The number of hydrogen-bond acceptors (Lipinski definition) is 6. The number of carbonyl (C=O) groups excluding carboxylic acids is 1.